The number of anilines is 2. The molecular formula is C15H14F3N5S. The number of halogens is 3. The predicted molar refractivity (Wildman–Crippen MR) is 88.4 cm³/mol. The third kappa shape index (κ3) is 3.73. The number of aryl methyl sites for hydroxylation is 1. The Hall–Kier alpha value is -2.42. The van der Waals surface area contributed by atoms with Crippen LogP contribution in [0.4, 0.5) is 24.8 Å². The molecule has 0 radical (unpaired) electrons. The summed E-state index contributed by atoms with van der Waals surface area (Å²) in [6, 6.07) is 4.34. The summed E-state index contributed by atoms with van der Waals surface area (Å²) in [6.45, 7) is 3.05. The van der Waals surface area contributed by atoms with Crippen molar-refractivity contribution in [3.63, 3.8) is 0 Å². The summed E-state index contributed by atoms with van der Waals surface area (Å²) in [6.07, 6.45) is -2.05. The summed E-state index contributed by atoms with van der Waals surface area (Å²) in [7, 11) is 0. The zero-order valence-electron chi connectivity index (χ0n) is 12.7. The largest absolute Gasteiger partial charge is 0.417 e. The molecule has 0 saturated heterocycles. The maximum atomic E-state index is 12.5. The second-order valence-corrected chi connectivity index (χ2v) is 6.32. The topological polar surface area (TPSA) is 62.7 Å². The van der Waals surface area contributed by atoms with Crippen LogP contribution >= 0.6 is 11.3 Å². The highest BCUT2D eigenvalue weighted by molar-refractivity contribution is 7.18. The summed E-state index contributed by atoms with van der Waals surface area (Å²) in [5.41, 5.74) is -0.762. The first-order valence-electron chi connectivity index (χ1n) is 7.15. The van der Waals surface area contributed by atoms with Gasteiger partial charge in [-0.25, -0.2) is 15.0 Å². The number of pyridine rings is 1. The Morgan fingerprint density at radius 1 is 1.08 bits per heavy atom. The van der Waals surface area contributed by atoms with Gasteiger partial charge in [-0.2, -0.15) is 13.2 Å². The van der Waals surface area contributed by atoms with Crippen molar-refractivity contribution in [1.82, 2.24) is 15.0 Å². The lowest BCUT2D eigenvalue weighted by Crippen LogP contribution is -2.15. The van der Waals surface area contributed by atoms with Gasteiger partial charge in [0.05, 0.1) is 10.9 Å². The van der Waals surface area contributed by atoms with E-state index in [0.29, 0.717) is 18.9 Å². The molecule has 126 valence electrons. The molecule has 0 amide bonds. The third-order valence-electron chi connectivity index (χ3n) is 3.27. The standard InChI is InChI=1S/C15H14F3N5S/c1-9-6-11-13(22-8-23-14(11)24-9)20-5-4-19-12-3-2-10(7-21-12)15(16,17)18/h2-3,6-8H,4-5H2,1H3,(H,19,21)(H,20,22,23). The van der Waals surface area contributed by atoms with Crippen LogP contribution in [0.5, 0.6) is 0 Å². The zero-order valence-corrected chi connectivity index (χ0v) is 13.5. The molecule has 9 heteroatoms. The number of rotatable bonds is 5. The molecule has 0 aliphatic heterocycles. The van der Waals surface area contributed by atoms with E-state index in [0.717, 1.165) is 33.2 Å². The molecule has 24 heavy (non-hydrogen) atoms. The van der Waals surface area contributed by atoms with Crippen molar-refractivity contribution in [1.29, 1.82) is 0 Å². The maximum absolute atomic E-state index is 12.5. The molecule has 0 atom stereocenters. The number of nitrogens with zero attached hydrogens (tertiary/aromatic N) is 3. The molecular weight excluding hydrogens is 339 g/mol. The monoisotopic (exact) mass is 353 g/mol. The Labute approximate surface area is 140 Å². The van der Waals surface area contributed by atoms with Crippen molar-refractivity contribution in [3.8, 4) is 0 Å². The molecule has 0 aliphatic rings. The Morgan fingerprint density at radius 3 is 2.58 bits per heavy atom. The summed E-state index contributed by atoms with van der Waals surface area (Å²) in [4.78, 5) is 14.3. The SMILES string of the molecule is Cc1cc2c(NCCNc3ccc(C(F)(F)F)cn3)ncnc2s1. The van der Waals surface area contributed by atoms with Gasteiger partial charge in [-0.3, -0.25) is 0 Å². The van der Waals surface area contributed by atoms with E-state index in [4.69, 9.17) is 0 Å². The van der Waals surface area contributed by atoms with E-state index in [1.54, 1.807) is 11.3 Å². The fourth-order valence-corrected chi connectivity index (χ4v) is 3.00. The van der Waals surface area contributed by atoms with E-state index in [1.165, 1.54) is 12.4 Å². The lowest BCUT2D eigenvalue weighted by Gasteiger charge is -2.10. The molecule has 3 aromatic heterocycles. The fraction of sp³-hybridized carbons (Fsp3) is 0.267. The summed E-state index contributed by atoms with van der Waals surface area (Å²) in [5, 5.41) is 7.12. The summed E-state index contributed by atoms with van der Waals surface area (Å²) in [5.74, 6) is 1.13. The number of thiophene rings is 1. The van der Waals surface area contributed by atoms with Gasteiger partial charge in [0.25, 0.3) is 0 Å². The van der Waals surface area contributed by atoms with Gasteiger partial charge in [0.1, 0.15) is 22.8 Å². The normalized spacial score (nSPS) is 11.7. The lowest BCUT2D eigenvalue weighted by atomic mass is 10.3. The highest BCUT2D eigenvalue weighted by atomic mass is 32.1. The van der Waals surface area contributed by atoms with Crippen LogP contribution in [0.3, 0.4) is 0 Å². The Balaban J connectivity index is 1.55. The number of fused-ring (bicyclic) bond motifs is 1. The van der Waals surface area contributed by atoms with Gasteiger partial charge in [0.2, 0.25) is 0 Å². The average Bonchev–Trinajstić information content (AvgIpc) is 2.92. The van der Waals surface area contributed by atoms with Crippen LogP contribution in [-0.4, -0.2) is 28.0 Å². The number of hydrogen-bond acceptors (Lipinski definition) is 6. The van der Waals surface area contributed by atoms with E-state index in [1.807, 2.05) is 13.0 Å². The van der Waals surface area contributed by atoms with Gasteiger partial charge in [-0.05, 0) is 25.1 Å². The first-order chi connectivity index (χ1) is 11.4. The first-order valence-corrected chi connectivity index (χ1v) is 7.97. The van der Waals surface area contributed by atoms with Crippen LogP contribution in [-0.2, 0) is 6.18 Å². The average molecular weight is 353 g/mol. The first kappa shape index (κ1) is 16.4. The minimum absolute atomic E-state index is 0.393. The maximum Gasteiger partial charge on any atom is 0.417 e. The summed E-state index contributed by atoms with van der Waals surface area (Å²) < 4.78 is 37.4. The minimum Gasteiger partial charge on any atom is -0.368 e. The molecule has 0 spiro atoms. The fourth-order valence-electron chi connectivity index (χ4n) is 2.15. The highest BCUT2D eigenvalue weighted by Crippen LogP contribution is 2.29. The van der Waals surface area contributed by atoms with E-state index in [9.17, 15) is 13.2 Å². The van der Waals surface area contributed by atoms with E-state index in [2.05, 4.69) is 25.6 Å². The number of nitrogens with one attached hydrogen (secondary N) is 2. The van der Waals surface area contributed by atoms with Crippen molar-refractivity contribution < 1.29 is 13.2 Å². The van der Waals surface area contributed by atoms with Gasteiger partial charge in [-0.1, -0.05) is 0 Å². The second kappa shape index (κ2) is 6.60. The summed E-state index contributed by atoms with van der Waals surface area (Å²) >= 11 is 1.60. The lowest BCUT2D eigenvalue weighted by molar-refractivity contribution is -0.137. The van der Waals surface area contributed by atoms with Gasteiger partial charge in [-0.15, -0.1) is 11.3 Å². The molecule has 0 aromatic carbocycles. The third-order valence-corrected chi connectivity index (χ3v) is 4.23. The van der Waals surface area contributed by atoms with E-state index < -0.39 is 11.7 Å². The van der Waals surface area contributed by atoms with Gasteiger partial charge < -0.3 is 10.6 Å². The van der Waals surface area contributed by atoms with Crippen LogP contribution in [0.1, 0.15) is 10.4 Å². The number of aromatic nitrogens is 3. The number of alkyl halides is 3. The van der Waals surface area contributed by atoms with Crippen LogP contribution in [0.15, 0.2) is 30.7 Å². The highest BCUT2D eigenvalue weighted by Gasteiger charge is 2.30. The molecule has 0 fully saturated rings. The smallest absolute Gasteiger partial charge is 0.368 e. The number of hydrogen-bond donors (Lipinski definition) is 2. The van der Waals surface area contributed by atoms with Crippen LogP contribution in [0.25, 0.3) is 10.2 Å². The Bertz CT molecular complexity index is 829. The van der Waals surface area contributed by atoms with Gasteiger partial charge in [0.15, 0.2) is 0 Å². The van der Waals surface area contributed by atoms with E-state index >= 15 is 0 Å². The molecule has 0 unspecified atom stereocenters. The second-order valence-electron chi connectivity index (χ2n) is 5.08. The van der Waals surface area contributed by atoms with Crippen LogP contribution in [0, 0.1) is 6.92 Å². The van der Waals surface area contributed by atoms with Crippen molar-refractivity contribution >= 4 is 33.2 Å². The molecule has 3 rings (SSSR count). The van der Waals surface area contributed by atoms with Gasteiger partial charge >= 0.3 is 6.18 Å². The van der Waals surface area contributed by atoms with Crippen molar-refractivity contribution in [2.75, 3.05) is 23.7 Å². The molecule has 0 aliphatic carbocycles. The quantitative estimate of drug-likeness (QED) is 0.681. The molecule has 2 N–H and O–H groups in total. The molecule has 5 nitrogen and oxygen atoms in total. The van der Waals surface area contributed by atoms with Crippen LogP contribution in [0.2, 0.25) is 0 Å². The molecule has 3 aromatic rings. The van der Waals surface area contributed by atoms with Gasteiger partial charge in [0, 0.05) is 24.2 Å². The predicted octanol–water partition coefficient (Wildman–Crippen LogP) is 3.94. The van der Waals surface area contributed by atoms with E-state index in [-0.39, 0.29) is 0 Å². The van der Waals surface area contributed by atoms with Crippen molar-refractivity contribution in [2.45, 2.75) is 13.1 Å². The van der Waals surface area contributed by atoms with Crippen molar-refractivity contribution in [2.24, 2.45) is 0 Å². The minimum atomic E-state index is -4.37. The Morgan fingerprint density at radius 2 is 1.88 bits per heavy atom. The van der Waals surface area contributed by atoms with Crippen LogP contribution < -0.4 is 10.6 Å². The molecule has 0 saturated carbocycles. The Kier molecular flexibility index (Phi) is 4.52. The molecule has 3 heterocycles. The zero-order chi connectivity index (χ0) is 17.2. The van der Waals surface area contributed by atoms with Crippen molar-refractivity contribution in [3.05, 3.63) is 41.2 Å². The molecule has 0 bridgehead atoms.